The highest BCUT2D eigenvalue weighted by molar-refractivity contribution is 6.38. The van der Waals surface area contributed by atoms with Gasteiger partial charge in [-0.3, -0.25) is 9.59 Å². The SMILES string of the molecule is Cn1c2cc3c(=O)c4cc(Cl)cc(Cl)c4n(C)c3cc2c(=O)c2cccc(Cl)c21. The monoisotopic (exact) mass is 442 g/mol. The van der Waals surface area contributed by atoms with Crippen LogP contribution in [0.15, 0.2) is 52.1 Å². The van der Waals surface area contributed by atoms with Crippen LogP contribution in [0.4, 0.5) is 0 Å². The van der Waals surface area contributed by atoms with Gasteiger partial charge in [-0.25, -0.2) is 0 Å². The number of hydrogen-bond acceptors (Lipinski definition) is 2. The molecule has 0 atom stereocenters. The van der Waals surface area contributed by atoms with Crippen molar-refractivity contribution in [1.29, 1.82) is 0 Å². The fourth-order valence-corrected chi connectivity index (χ4v) is 5.07. The summed E-state index contributed by atoms with van der Waals surface area (Å²) in [4.78, 5) is 26.5. The van der Waals surface area contributed by atoms with Crippen molar-refractivity contribution in [1.82, 2.24) is 9.13 Å². The van der Waals surface area contributed by atoms with Gasteiger partial charge in [-0.15, -0.1) is 0 Å². The van der Waals surface area contributed by atoms with Crippen molar-refractivity contribution in [2.75, 3.05) is 0 Å². The lowest BCUT2D eigenvalue weighted by Crippen LogP contribution is -2.13. The fourth-order valence-electron chi connectivity index (χ4n) is 4.15. The van der Waals surface area contributed by atoms with Crippen molar-refractivity contribution in [2.45, 2.75) is 0 Å². The molecule has 3 aromatic carbocycles. The van der Waals surface area contributed by atoms with Crippen LogP contribution in [0.5, 0.6) is 0 Å². The molecule has 29 heavy (non-hydrogen) atoms. The van der Waals surface area contributed by atoms with Crippen LogP contribution in [0.25, 0.3) is 43.6 Å². The van der Waals surface area contributed by atoms with Gasteiger partial charge in [0.1, 0.15) is 0 Å². The maximum Gasteiger partial charge on any atom is 0.197 e. The average molecular weight is 444 g/mol. The zero-order chi connectivity index (χ0) is 20.6. The van der Waals surface area contributed by atoms with E-state index in [9.17, 15) is 9.59 Å². The molecule has 0 saturated heterocycles. The Bertz CT molecular complexity index is 1650. The molecule has 0 spiro atoms. The molecule has 0 aliphatic carbocycles. The van der Waals surface area contributed by atoms with Gasteiger partial charge >= 0.3 is 0 Å². The van der Waals surface area contributed by atoms with Crippen LogP contribution in [0.2, 0.25) is 15.1 Å². The van der Waals surface area contributed by atoms with Gasteiger partial charge in [-0.2, -0.15) is 0 Å². The molecule has 5 rings (SSSR count). The summed E-state index contributed by atoms with van der Waals surface area (Å²) < 4.78 is 3.67. The summed E-state index contributed by atoms with van der Waals surface area (Å²) in [6, 6.07) is 12.0. The Hall–Kier alpha value is -2.53. The van der Waals surface area contributed by atoms with Crippen LogP contribution < -0.4 is 10.9 Å². The van der Waals surface area contributed by atoms with Crippen molar-refractivity contribution in [3.63, 3.8) is 0 Å². The van der Waals surface area contributed by atoms with E-state index in [-0.39, 0.29) is 10.9 Å². The molecule has 0 amide bonds. The largest absolute Gasteiger partial charge is 0.342 e. The first kappa shape index (κ1) is 18.5. The zero-order valence-electron chi connectivity index (χ0n) is 15.4. The average Bonchev–Trinajstić information content (AvgIpc) is 2.68. The number of halogens is 3. The molecule has 0 saturated carbocycles. The van der Waals surface area contributed by atoms with Gasteiger partial charge in [0.05, 0.1) is 32.1 Å². The summed E-state index contributed by atoms with van der Waals surface area (Å²) in [5, 5.41) is 3.20. The molecule has 144 valence electrons. The Labute approximate surface area is 179 Å². The molecule has 5 aromatic rings. The van der Waals surface area contributed by atoms with Gasteiger partial charge in [-0.05, 0) is 36.4 Å². The van der Waals surface area contributed by atoms with Gasteiger partial charge in [0.25, 0.3) is 0 Å². The first-order valence-electron chi connectivity index (χ1n) is 8.82. The lowest BCUT2D eigenvalue weighted by Gasteiger charge is -2.16. The summed E-state index contributed by atoms with van der Waals surface area (Å²) in [6.45, 7) is 0. The Morgan fingerprint density at radius 2 is 1.21 bits per heavy atom. The third-order valence-electron chi connectivity index (χ3n) is 5.50. The molecule has 0 radical (unpaired) electrons. The number of rotatable bonds is 0. The number of para-hydroxylation sites is 1. The van der Waals surface area contributed by atoms with Crippen molar-refractivity contribution in [2.24, 2.45) is 14.1 Å². The fraction of sp³-hybridized carbons (Fsp3) is 0.0909. The van der Waals surface area contributed by atoms with Gasteiger partial charge in [0.15, 0.2) is 10.9 Å². The lowest BCUT2D eigenvalue weighted by molar-refractivity contribution is 0.994. The Balaban J connectivity index is 2.11. The molecule has 7 heteroatoms. The van der Waals surface area contributed by atoms with Crippen molar-refractivity contribution in [3.8, 4) is 0 Å². The molecule has 0 unspecified atom stereocenters. The predicted octanol–water partition coefficient (Wildman–Crippen LogP) is 5.66. The number of aromatic nitrogens is 2. The van der Waals surface area contributed by atoms with Gasteiger partial charge in [0.2, 0.25) is 0 Å². The maximum atomic E-state index is 13.3. The topological polar surface area (TPSA) is 44.0 Å². The molecule has 0 fully saturated rings. The number of hydrogen-bond donors (Lipinski definition) is 0. The van der Waals surface area contributed by atoms with Crippen LogP contribution >= 0.6 is 34.8 Å². The lowest BCUT2D eigenvalue weighted by atomic mass is 10.0. The molecule has 0 aliphatic rings. The van der Waals surface area contributed by atoms with Crippen molar-refractivity contribution < 1.29 is 0 Å². The maximum absolute atomic E-state index is 13.3. The molecule has 0 bridgehead atoms. The summed E-state index contributed by atoms with van der Waals surface area (Å²) in [5.41, 5.74) is 2.15. The normalized spacial score (nSPS) is 11.9. The smallest absolute Gasteiger partial charge is 0.197 e. The highest BCUT2D eigenvalue weighted by Crippen LogP contribution is 2.31. The van der Waals surface area contributed by atoms with Crippen molar-refractivity contribution in [3.05, 3.63) is 78.0 Å². The van der Waals surface area contributed by atoms with E-state index in [1.54, 1.807) is 42.5 Å². The number of pyridine rings is 2. The summed E-state index contributed by atoms with van der Waals surface area (Å²) in [6.07, 6.45) is 0. The number of benzene rings is 3. The third kappa shape index (κ3) is 2.46. The standard InChI is InChI=1S/C22H13Cl3N2O2/c1-26-17-9-13-18(8-12(17)21(28)11-4-3-5-15(24)19(11)26)27(2)20-14(22(13)29)6-10(23)7-16(20)25/h3-9H,1-2H3. The first-order chi connectivity index (χ1) is 13.8. The molecule has 2 aromatic heterocycles. The molecular formula is C22H13Cl3N2O2. The molecule has 2 heterocycles. The van der Waals surface area contributed by atoms with Gasteiger partial charge < -0.3 is 9.13 Å². The predicted molar refractivity (Wildman–Crippen MR) is 122 cm³/mol. The molecule has 0 aliphatic heterocycles. The van der Waals surface area contributed by atoms with Crippen LogP contribution in [-0.4, -0.2) is 9.13 Å². The van der Waals surface area contributed by atoms with E-state index in [0.717, 1.165) is 0 Å². The minimum Gasteiger partial charge on any atom is -0.342 e. The summed E-state index contributed by atoms with van der Waals surface area (Å²) in [5.74, 6) is 0. The minimum absolute atomic E-state index is 0.132. The van der Waals surface area contributed by atoms with E-state index >= 15 is 0 Å². The van der Waals surface area contributed by atoms with Gasteiger partial charge in [0, 0.05) is 40.7 Å². The second-order valence-corrected chi connectivity index (χ2v) is 8.33. The summed E-state index contributed by atoms with van der Waals surface area (Å²) in [7, 11) is 3.65. The number of fused-ring (bicyclic) bond motifs is 4. The Morgan fingerprint density at radius 3 is 1.83 bits per heavy atom. The van der Waals surface area contributed by atoms with Crippen LogP contribution in [-0.2, 0) is 14.1 Å². The number of aryl methyl sites for hydroxylation is 2. The van der Waals surface area contributed by atoms with Crippen LogP contribution in [0.3, 0.4) is 0 Å². The first-order valence-corrected chi connectivity index (χ1v) is 9.95. The zero-order valence-corrected chi connectivity index (χ0v) is 17.7. The second-order valence-electron chi connectivity index (χ2n) is 7.08. The molecule has 4 nitrogen and oxygen atoms in total. The Kier molecular flexibility index (Phi) is 3.97. The van der Waals surface area contributed by atoms with E-state index in [1.807, 2.05) is 23.2 Å². The number of nitrogens with zero attached hydrogens (tertiary/aromatic N) is 2. The highest BCUT2D eigenvalue weighted by Gasteiger charge is 2.17. The van der Waals surface area contributed by atoms with E-state index in [4.69, 9.17) is 34.8 Å². The van der Waals surface area contributed by atoms with Crippen LogP contribution in [0.1, 0.15) is 0 Å². The molecular weight excluding hydrogens is 431 g/mol. The Morgan fingerprint density at radius 1 is 0.655 bits per heavy atom. The molecule has 0 N–H and O–H groups in total. The third-order valence-corrected chi connectivity index (χ3v) is 6.31. The van der Waals surface area contributed by atoms with E-state index in [1.165, 1.54) is 0 Å². The van der Waals surface area contributed by atoms with Crippen LogP contribution in [0, 0.1) is 0 Å². The quantitative estimate of drug-likeness (QED) is 0.290. The van der Waals surface area contributed by atoms with Crippen molar-refractivity contribution >= 4 is 78.4 Å². The summed E-state index contributed by atoms with van der Waals surface area (Å²) >= 11 is 18.9. The second kappa shape index (κ2) is 6.23. The minimum atomic E-state index is -0.189. The van der Waals surface area contributed by atoms with Gasteiger partial charge in [-0.1, -0.05) is 40.9 Å². The van der Waals surface area contributed by atoms with E-state index in [0.29, 0.717) is 58.7 Å². The highest BCUT2D eigenvalue weighted by atomic mass is 35.5. The van der Waals surface area contributed by atoms with E-state index < -0.39 is 0 Å². The van der Waals surface area contributed by atoms with E-state index in [2.05, 4.69) is 0 Å².